The third-order valence-electron chi connectivity index (χ3n) is 4.77. The molecule has 0 aliphatic heterocycles. The summed E-state index contributed by atoms with van der Waals surface area (Å²) in [7, 11) is 0. The van der Waals surface area contributed by atoms with Gasteiger partial charge in [0.05, 0.1) is 5.56 Å². The Morgan fingerprint density at radius 1 is 1.21 bits per heavy atom. The van der Waals surface area contributed by atoms with E-state index in [-0.39, 0.29) is 11.9 Å². The minimum absolute atomic E-state index is 0.150. The molecule has 2 aromatic rings. The molecule has 1 saturated carbocycles. The number of carbonyl (C=O) groups is 1. The van der Waals surface area contributed by atoms with Crippen LogP contribution in [-0.4, -0.2) is 16.5 Å². The molecule has 4 nitrogen and oxygen atoms in total. The van der Waals surface area contributed by atoms with E-state index in [9.17, 15) is 10.1 Å². The fourth-order valence-electron chi connectivity index (χ4n) is 3.53. The Labute approximate surface area is 143 Å². The smallest absolute Gasteiger partial charge is 0.269 e. The second-order valence-electron chi connectivity index (χ2n) is 6.66. The predicted octanol–water partition coefficient (Wildman–Crippen LogP) is 4.03. The van der Waals surface area contributed by atoms with Crippen LogP contribution in [0.4, 0.5) is 0 Å². The molecule has 124 valence electrons. The summed E-state index contributed by atoms with van der Waals surface area (Å²) in [6.07, 6.45) is 7.43. The van der Waals surface area contributed by atoms with E-state index in [1.165, 1.54) is 12.0 Å². The average Bonchev–Trinajstić information content (AvgIpc) is 2.99. The lowest BCUT2D eigenvalue weighted by molar-refractivity contribution is 0.0920. The number of hydrogen-bond acceptors (Lipinski definition) is 2. The van der Waals surface area contributed by atoms with Crippen molar-refractivity contribution < 1.29 is 4.79 Å². The van der Waals surface area contributed by atoms with Gasteiger partial charge in [0.1, 0.15) is 11.8 Å². The highest BCUT2D eigenvalue weighted by molar-refractivity contribution is 5.96. The Bertz CT molecular complexity index is 792. The van der Waals surface area contributed by atoms with Gasteiger partial charge >= 0.3 is 0 Å². The first kappa shape index (κ1) is 16.3. The molecule has 1 aliphatic rings. The molecule has 0 spiro atoms. The summed E-state index contributed by atoms with van der Waals surface area (Å²) in [5.41, 5.74) is 4.06. The fraction of sp³-hybridized carbons (Fsp3) is 0.400. The van der Waals surface area contributed by atoms with Crippen molar-refractivity contribution in [3.63, 3.8) is 0 Å². The summed E-state index contributed by atoms with van der Waals surface area (Å²) in [6, 6.07) is 10.2. The highest BCUT2D eigenvalue weighted by atomic mass is 16.2. The number of nitrogens with one attached hydrogen (secondary N) is 1. The summed E-state index contributed by atoms with van der Waals surface area (Å²) >= 11 is 0. The molecule has 24 heavy (non-hydrogen) atoms. The van der Waals surface area contributed by atoms with Crippen LogP contribution in [0.1, 0.15) is 59.3 Å². The van der Waals surface area contributed by atoms with Crippen LogP contribution in [0.15, 0.2) is 30.5 Å². The molecule has 1 aliphatic carbocycles. The molecule has 1 N–H and O–H groups in total. The van der Waals surface area contributed by atoms with Gasteiger partial charge in [0.25, 0.3) is 5.91 Å². The van der Waals surface area contributed by atoms with E-state index >= 15 is 0 Å². The SMILES string of the molecule is Cc1ccc(-n2ccc(C#N)c2C(=O)NC2CCCCC2)c(C)c1. The van der Waals surface area contributed by atoms with Crippen molar-refractivity contribution in [3.05, 3.63) is 52.8 Å². The van der Waals surface area contributed by atoms with E-state index < -0.39 is 0 Å². The van der Waals surface area contributed by atoms with Crippen LogP contribution < -0.4 is 5.32 Å². The van der Waals surface area contributed by atoms with Crippen molar-refractivity contribution in [2.45, 2.75) is 52.0 Å². The number of rotatable bonds is 3. The van der Waals surface area contributed by atoms with Crippen molar-refractivity contribution in [2.24, 2.45) is 0 Å². The molecule has 1 aromatic heterocycles. The van der Waals surface area contributed by atoms with Crippen molar-refractivity contribution in [1.82, 2.24) is 9.88 Å². The van der Waals surface area contributed by atoms with E-state index in [2.05, 4.69) is 17.5 Å². The summed E-state index contributed by atoms with van der Waals surface area (Å²) in [4.78, 5) is 12.8. The largest absolute Gasteiger partial charge is 0.348 e. The van der Waals surface area contributed by atoms with Gasteiger partial charge in [-0.3, -0.25) is 4.79 Å². The monoisotopic (exact) mass is 321 g/mol. The molecular formula is C20H23N3O. The van der Waals surface area contributed by atoms with Crippen LogP contribution in [0.25, 0.3) is 5.69 Å². The van der Waals surface area contributed by atoms with Gasteiger partial charge in [0.2, 0.25) is 0 Å². The molecule has 1 amide bonds. The van der Waals surface area contributed by atoms with Gasteiger partial charge in [-0.05, 0) is 44.4 Å². The van der Waals surface area contributed by atoms with Gasteiger partial charge in [0.15, 0.2) is 0 Å². The maximum absolute atomic E-state index is 12.8. The molecule has 1 fully saturated rings. The first-order chi connectivity index (χ1) is 11.6. The van der Waals surface area contributed by atoms with Crippen LogP contribution in [0.2, 0.25) is 0 Å². The zero-order valence-electron chi connectivity index (χ0n) is 14.3. The van der Waals surface area contributed by atoms with Gasteiger partial charge < -0.3 is 9.88 Å². The molecule has 1 aromatic carbocycles. The summed E-state index contributed by atoms with van der Waals surface area (Å²) < 4.78 is 1.84. The van der Waals surface area contributed by atoms with Crippen LogP contribution in [0, 0.1) is 25.2 Å². The van der Waals surface area contributed by atoms with E-state index in [4.69, 9.17) is 0 Å². The van der Waals surface area contributed by atoms with Gasteiger partial charge in [-0.25, -0.2) is 0 Å². The third-order valence-corrected chi connectivity index (χ3v) is 4.77. The Morgan fingerprint density at radius 3 is 2.62 bits per heavy atom. The maximum atomic E-state index is 12.8. The number of amides is 1. The molecule has 3 rings (SSSR count). The van der Waals surface area contributed by atoms with Crippen LogP contribution in [0.5, 0.6) is 0 Å². The standard InChI is InChI=1S/C20H23N3O/c1-14-8-9-18(15(2)12-14)23-11-10-16(13-21)19(23)20(24)22-17-6-4-3-5-7-17/h8-12,17H,3-7H2,1-2H3,(H,22,24). The Balaban J connectivity index is 1.96. The normalized spacial score (nSPS) is 15.0. The van der Waals surface area contributed by atoms with E-state index in [0.29, 0.717) is 11.3 Å². The zero-order chi connectivity index (χ0) is 17.1. The van der Waals surface area contributed by atoms with E-state index in [1.54, 1.807) is 6.07 Å². The number of benzene rings is 1. The number of aromatic nitrogens is 1. The Morgan fingerprint density at radius 2 is 1.96 bits per heavy atom. The van der Waals surface area contributed by atoms with Crippen molar-refractivity contribution >= 4 is 5.91 Å². The van der Waals surface area contributed by atoms with Gasteiger partial charge in [-0.2, -0.15) is 5.26 Å². The molecule has 4 heteroatoms. The number of hydrogen-bond donors (Lipinski definition) is 1. The summed E-state index contributed by atoms with van der Waals surface area (Å²) in [5.74, 6) is -0.150. The summed E-state index contributed by atoms with van der Waals surface area (Å²) in [6.45, 7) is 4.07. The Kier molecular flexibility index (Phi) is 4.71. The number of carbonyl (C=O) groups excluding carboxylic acids is 1. The van der Waals surface area contributed by atoms with E-state index in [1.807, 2.05) is 36.7 Å². The van der Waals surface area contributed by atoms with Crippen molar-refractivity contribution in [1.29, 1.82) is 5.26 Å². The maximum Gasteiger partial charge on any atom is 0.269 e. The quantitative estimate of drug-likeness (QED) is 0.928. The van der Waals surface area contributed by atoms with Crippen LogP contribution in [-0.2, 0) is 0 Å². The lowest BCUT2D eigenvalue weighted by Crippen LogP contribution is -2.37. The average molecular weight is 321 g/mol. The molecule has 0 bridgehead atoms. The molecule has 0 saturated heterocycles. The van der Waals surface area contributed by atoms with Gasteiger partial charge in [0, 0.05) is 17.9 Å². The zero-order valence-corrected chi connectivity index (χ0v) is 14.3. The van der Waals surface area contributed by atoms with Crippen molar-refractivity contribution in [3.8, 4) is 11.8 Å². The molecular weight excluding hydrogens is 298 g/mol. The molecule has 0 atom stereocenters. The topological polar surface area (TPSA) is 57.8 Å². The van der Waals surface area contributed by atoms with Crippen molar-refractivity contribution in [2.75, 3.05) is 0 Å². The first-order valence-electron chi connectivity index (χ1n) is 8.60. The number of nitriles is 1. The highest BCUT2D eigenvalue weighted by Gasteiger charge is 2.22. The number of aryl methyl sites for hydroxylation is 2. The lowest BCUT2D eigenvalue weighted by Gasteiger charge is -2.23. The lowest BCUT2D eigenvalue weighted by atomic mass is 9.95. The first-order valence-corrected chi connectivity index (χ1v) is 8.60. The molecule has 1 heterocycles. The second-order valence-corrected chi connectivity index (χ2v) is 6.66. The minimum Gasteiger partial charge on any atom is -0.348 e. The fourth-order valence-corrected chi connectivity index (χ4v) is 3.53. The molecule has 0 radical (unpaired) electrons. The van der Waals surface area contributed by atoms with Gasteiger partial charge in [-0.15, -0.1) is 0 Å². The summed E-state index contributed by atoms with van der Waals surface area (Å²) in [5, 5.41) is 12.5. The van der Waals surface area contributed by atoms with Gasteiger partial charge in [-0.1, -0.05) is 37.0 Å². The van der Waals surface area contributed by atoms with Crippen LogP contribution >= 0.6 is 0 Å². The van der Waals surface area contributed by atoms with Crippen LogP contribution in [0.3, 0.4) is 0 Å². The Hall–Kier alpha value is -2.54. The third kappa shape index (κ3) is 3.21. The number of nitrogens with zero attached hydrogens (tertiary/aromatic N) is 2. The highest BCUT2D eigenvalue weighted by Crippen LogP contribution is 2.23. The second kappa shape index (κ2) is 6.92. The minimum atomic E-state index is -0.150. The predicted molar refractivity (Wildman–Crippen MR) is 94.3 cm³/mol. The molecule has 0 unspecified atom stereocenters. The van der Waals surface area contributed by atoms with E-state index in [0.717, 1.165) is 36.9 Å².